The molecule has 5 nitrogen and oxygen atoms in total. The fourth-order valence-electron chi connectivity index (χ4n) is 2.70. The maximum atomic E-state index is 12.6. The lowest BCUT2D eigenvalue weighted by molar-refractivity contribution is -0.132. The minimum atomic E-state index is -0.285. The SMILES string of the molecule is CN(Cc1ccccc1)C(=O)COc1ccccc1C(=O)Nc1ccccc1. The number of para-hydroxylation sites is 2. The Hall–Kier alpha value is -3.60. The van der Waals surface area contributed by atoms with Crippen molar-refractivity contribution in [2.75, 3.05) is 19.0 Å². The number of rotatable bonds is 7. The van der Waals surface area contributed by atoms with E-state index >= 15 is 0 Å². The molecule has 0 aromatic heterocycles. The van der Waals surface area contributed by atoms with Crippen molar-refractivity contribution in [2.24, 2.45) is 0 Å². The first kappa shape index (κ1) is 19.2. The summed E-state index contributed by atoms with van der Waals surface area (Å²) >= 11 is 0. The lowest BCUT2D eigenvalue weighted by Crippen LogP contribution is -2.31. The molecule has 0 heterocycles. The molecule has 142 valence electrons. The van der Waals surface area contributed by atoms with Crippen molar-refractivity contribution in [3.8, 4) is 5.75 Å². The summed E-state index contributed by atoms with van der Waals surface area (Å²) in [4.78, 5) is 26.6. The van der Waals surface area contributed by atoms with Gasteiger partial charge in [-0.2, -0.15) is 0 Å². The number of likely N-dealkylation sites (N-methyl/N-ethyl adjacent to an activating group) is 1. The molecular formula is C23H22N2O3. The zero-order chi connectivity index (χ0) is 19.8. The quantitative estimate of drug-likeness (QED) is 0.681. The van der Waals surface area contributed by atoms with Crippen LogP contribution in [0.1, 0.15) is 15.9 Å². The van der Waals surface area contributed by atoms with E-state index < -0.39 is 0 Å². The molecule has 0 unspecified atom stereocenters. The Kier molecular flexibility index (Phi) is 6.41. The maximum Gasteiger partial charge on any atom is 0.260 e. The van der Waals surface area contributed by atoms with Crippen LogP contribution in [-0.4, -0.2) is 30.4 Å². The largest absolute Gasteiger partial charge is 0.483 e. The zero-order valence-corrected chi connectivity index (χ0v) is 15.7. The molecule has 3 aromatic rings. The van der Waals surface area contributed by atoms with Gasteiger partial charge in [0.25, 0.3) is 11.8 Å². The molecule has 28 heavy (non-hydrogen) atoms. The molecule has 0 aliphatic heterocycles. The van der Waals surface area contributed by atoms with E-state index in [0.29, 0.717) is 23.5 Å². The Balaban J connectivity index is 1.61. The van der Waals surface area contributed by atoms with E-state index in [1.54, 1.807) is 36.2 Å². The van der Waals surface area contributed by atoms with Gasteiger partial charge in [-0.3, -0.25) is 9.59 Å². The number of carbonyl (C=O) groups excluding carboxylic acids is 2. The molecule has 0 spiro atoms. The first-order valence-corrected chi connectivity index (χ1v) is 8.99. The second-order valence-corrected chi connectivity index (χ2v) is 6.34. The highest BCUT2D eigenvalue weighted by molar-refractivity contribution is 6.06. The second-order valence-electron chi connectivity index (χ2n) is 6.34. The van der Waals surface area contributed by atoms with Crippen LogP contribution in [0.15, 0.2) is 84.9 Å². The molecule has 1 N–H and O–H groups in total. The standard InChI is InChI=1S/C23H22N2O3/c1-25(16-18-10-4-2-5-11-18)22(26)17-28-21-15-9-8-14-20(21)23(27)24-19-12-6-3-7-13-19/h2-15H,16-17H2,1H3,(H,24,27). The van der Waals surface area contributed by atoms with Crippen molar-refractivity contribution in [1.82, 2.24) is 4.90 Å². The Morgan fingerprint density at radius 1 is 0.857 bits per heavy atom. The van der Waals surface area contributed by atoms with E-state index in [0.717, 1.165) is 5.56 Å². The van der Waals surface area contributed by atoms with Gasteiger partial charge in [-0.25, -0.2) is 0 Å². The number of carbonyl (C=O) groups is 2. The number of anilines is 1. The summed E-state index contributed by atoms with van der Waals surface area (Å²) in [5.74, 6) is -0.0774. The Bertz CT molecular complexity index is 927. The predicted octanol–water partition coefficient (Wildman–Crippen LogP) is 3.98. The first-order valence-electron chi connectivity index (χ1n) is 8.99. The van der Waals surface area contributed by atoms with Gasteiger partial charge in [0.2, 0.25) is 0 Å². The summed E-state index contributed by atoms with van der Waals surface area (Å²) < 4.78 is 5.66. The normalized spacial score (nSPS) is 10.2. The van der Waals surface area contributed by atoms with E-state index in [1.807, 2.05) is 60.7 Å². The number of nitrogens with zero attached hydrogens (tertiary/aromatic N) is 1. The van der Waals surface area contributed by atoms with Crippen molar-refractivity contribution in [2.45, 2.75) is 6.54 Å². The molecule has 5 heteroatoms. The van der Waals surface area contributed by atoms with Crippen LogP contribution in [0, 0.1) is 0 Å². The summed E-state index contributed by atoms with van der Waals surface area (Å²) in [5.41, 5.74) is 2.12. The van der Waals surface area contributed by atoms with E-state index in [9.17, 15) is 9.59 Å². The number of hydrogen-bond acceptors (Lipinski definition) is 3. The van der Waals surface area contributed by atoms with Gasteiger partial charge in [0.05, 0.1) is 5.56 Å². The smallest absolute Gasteiger partial charge is 0.260 e. The van der Waals surface area contributed by atoms with Crippen LogP contribution in [0.4, 0.5) is 5.69 Å². The molecular weight excluding hydrogens is 352 g/mol. The topological polar surface area (TPSA) is 58.6 Å². The second kappa shape index (κ2) is 9.37. The van der Waals surface area contributed by atoms with E-state index in [1.165, 1.54) is 0 Å². The summed E-state index contributed by atoms with van der Waals surface area (Å²) in [6.45, 7) is 0.359. The average Bonchev–Trinajstić information content (AvgIpc) is 2.73. The van der Waals surface area contributed by atoms with E-state index in [2.05, 4.69) is 5.32 Å². The van der Waals surface area contributed by atoms with Crippen LogP contribution in [-0.2, 0) is 11.3 Å². The Morgan fingerprint density at radius 2 is 1.46 bits per heavy atom. The molecule has 0 aliphatic carbocycles. The minimum absolute atomic E-state index is 0.140. The summed E-state index contributed by atoms with van der Waals surface area (Å²) in [7, 11) is 1.73. The number of amides is 2. The van der Waals surface area contributed by atoms with Crippen molar-refractivity contribution in [1.29, 1.82) is 0 Å². The number of nitrogens with one attached hydrogen (secondary N) is 1. The van der Waals surface area contributed by atoms with Gasteiger partial charge in [0.15, 0.2) is 6.61 Å². The summed E-state index contributed by atoms with van der Waals surface area (Å²) in [5, 5.41) is 2.83. The van der Waals surface area contributed by atoms with Crippen LogP contribution in [0.25, 0.3) is 0 Å². The Morgan fingerprint density at radius 3 is 2.18 bits per heavy atom. The molecule has 0 fully saturated rings. The molecule has 0 saturated carbocycles. The van der Waals surface area contributed by atoms with Crippen molar-refractivity contribution < 1.29 is 14.3 Å². The lowest BCUT2D eigenvalue weighted by Gasteiger charge is -2.18. The number of ether oxygens (including phenoxy) is 1. The monoisotopic (exact) mass is 374 g/mol. The first-order chi connectivity index (χ1) is 13.6. The minimum Gasteiger partial charge on any atom is -0.483 e. The molecule has 3 aromatic carbocycles. The molecule has 3 rings (SSSR count). The third-order valence-electron chi connectivity index (χ3n) is 4.20. The summed E-state index contributed by atoms with van der Waals surface area (Å²) in [6.07, 6.45) is 0. The van der Waals surface area contributed by atoms with Gasteiger partial charge >= 0.3 is 0 Å². The predicted molar refractivity (Wildman–Crippen MR) is 109 cm³/mol. The van der Waals surface area contributed by atoms with Crippen LogP contribution in [0.3, 0.4) is 0 Å². The highest BCUT2D eigenvalue weighted by Gasteiger charge is 2.15. The van der Waals surface area contributed by atoms with E-state index in [4.69, 9.17) is 4.74 Å². The average molecular weight is 374 g/mol. The third-order valence-corrected chi connectivity index (χ3v) is 4.20. The van der Waals surface area contributed by atoms with Gasteiger partial charge in [0, 0.05) is 19.3 Å². The lowest BCUT2D eigenvalue weighted by atomic mass is 10.2. The number of benzene rings is 3. The van der Waals surface area contributed by atoms with Crippen molar-refractivity contribution in [3.05, 3.63) is 96.1 Å². The third kappa shape index (κ3) is 5.20. The van der Waals surface area contributed by atoms with E-state index in [-0.39, 0.29) is 18.4 Å². The van der Waals surface area contributed by atoms with Gasteiger partial charge in [0.1, 0.15) is 5.75 Å². The summed E-state index contributed by atoms with van der Waals surface area (Å²) in [6, 6.07) is 25.8. The van der Waals surface area contributed by atoms with Crippen LogP contribution in [0.2, 0.25) is 0 Å². The van der Waals surface area contributed by atoms with Crippen LogP contribution < -0.4 is 10.1 Å². The molecule has 0 atom stereocenters. The van der Waals surface area contributed by atoms with Crippen LogP contribution in [0.5, 0.6) is 5.75 Å². The van der Waals surface area contributed by atoms with Gasteiger partial charge in [-0.1, -0.05) is 60.7 Å². The van der Waals surface area contributed by atoms with Gasteiger partial charge in [-0.15, -0.1) is 0 Å². The maximum absolute atomic E-state index is 12.6. The zero-order valence-electron chi connectivity index (χ0n) is 15.7. The van der Waals surface area contributed by atoms with Crippen molar-refractivity contribution >= 4 is 17.5 Å². The molecule has 2 amide bonds. The van der Waals surface area contributed by atoms with Crippen LogP contribution >= 0.6 is 0 Å². The molecule has 0 radical (unpaired) electrons. The molecule has 0 bridgehead atoms. The molecule has 0 saturated heterocycles. The highest BCUT2D eigenvalue weighted by Crippen LogP contribution is 2.20. The number of hydrogen-bond donors (Lipinski definition) is 1. The van der Waals surface area contributed by atoms with Gasteiger partial charge < -0.3 is 15.0 Å². The molecule has 0 aliphatic rings. The Labute approximate surface area is 164 Å². The van der Waals surface area contributed by atoms with Crippen molar-refractivity contribution in [3.63, 3.8) is 0 Å². The fourth-order valence-corrected chi connectivity index (χ4v) is 2.70. The van der Waals surface area contributed by atoms with Gasteiger partial charge in [-0.05, 0) is 29.8 Å². The fraction of sp³-hybridized carbons (Fsp3) is 0.130. The highest BCUT2D eigenvalue weighted by atomic mass is 16.5.